The first kappa shape index (κ1) is 19.4. The van der Waals surface area contributed by atoms with Crippen LogP contribution in [0.4, 0.5) is 0 Å². The van der Waals surface area contributed by atoms with Crippen LogP contribution in [0.15, 0.2) is 42.5 Å². The van der Waals surface area contributed by atoms with Crippen molar-refractivity contribution in [2.45, 2.75) is 44.2 Å². The van der Waals surface area contributed by atoms with Crippen LogP contribution >= 0.6 is 0 Å². The molecular formula is C25H30N2O3. The van der Waals surface area contributed by atoms with E-state index in [2.05, 4.69) is 53.2 Å². The Balaban J connectivity index is 1.30. The van der Waals surface area contributed by atoms with Gasteiger partial charge in [0, 0.05) is 12.6 Å². The molecule has 0 unspecified atom stereocenters. The van der Waals surface area contributed by atoms with E-state index in [1.807, 2.05) is 6.07 Å². The highest BCUT2D eigenvalue weighted by molar-refractivity contribution is 5.79. The summed E-state index contributed by atoms with van der Waals surface area (Å²) in [6.45, 7) is 2.46. The number of carbonyl (C=O) groups is 1. The van der Waals surface area contributed by atoms with Crippen LogP contribution < -0.4 is 9.47 Å². The Morgan fingerprint density at radius 1 is 1.07 bits per heavy atom. The molecule has 0 spiro atoms. The zero-order chi connectivity index (χ0) is 20.5. The van der Waals surface area contributed by atoms with Crippen LogP contribution in [0, 0.1) is 0 Å². The van der Waals surface area contributed by atoms with E-state index in [1.165, 1.54) is 17.5 Å². The van der Waals surface area contributed by atoms with Crippen molar-refractivity contribution in [1.82, 2.24) is 9.80 Å². The lowest BCUT2D eigenvalue weighted by Gasteiger charge is -2.35. The summed E-state index contributed by atoms with van der Waals surface area (Å²) < 4.78 is 11.4. The van der Waals surface area contributed by atoms with Crippen LogP contribution in [-0.2, 0) is 11.2 Å². The Morgan fingerprint density at radius 3 is 2.80 bits per heavy atom. The number of ether oxygens (including phenoxy) is 2. The predicted octanol–water partition coefficient (Wildman–Crippen LogP) is 4.13. The number of amides is 1. The molecule has 0 radical (unpaired) electrons. The van der Waals surface area contributed by atoms with E-state index < -0.39 is 0 Å². The number of rotatable bonds is 4. The first-order chi connectivity index (χ1) is 14.7. The number of nitrogens with zero attached hydrogens (tertiary/aromatic N) is 2. The number of carbonyl (C=O) groups excluding carboxylic acids is 1. The molecule has 1 aliphatic carbocycles. The van der Waals surface area contributed by atoms with E-state index in [9.17, 15) is 4.79 Å². The maximum atomic E-state index is 13.3. The molecular weight excluding hydrogens is 376 g/mol. The summed E-state index contributed by atoms with van der Waals surface area (Å²) in [5, 5.41) is 0. The Bertz CT molecular complexity index is 928. The van der Waals surface area contributed by atoms with Gasteiger partial charge in [-0.25, -0.2) is 0 Å². The van der Waals surface area contributed by atoms with Gasteiger partial charge in [0.2, 0.25) is 5.91 Å². The SMILES string of the molecule is CN(CC(=O)N1CCC[C@@H]1c1ccc2c(c1)OCCO2)[C@@H]1CCCc2ccccc21. The number of benzene rings is 2. The van der Waals surface area contributed by atoms with Crippen LogP contribution in [0.2, 0.25) is 0 Å². The van der Waals surface area contributed by atoms with Gasteiger partial charge in [-0.2, -0.15) is 0 Å². The normalized spacial score (nSPS) is 22.8. The highest BCUT2D eigenvalue weighted by atomic mass is 16.6. The maximum Gasteiger partial charge on any atom is 0.237 e. The zero-order valence-electron chi connectivity index (χ0n) is 17.7. The monoisotopic (exact) mass is 406 g/mol. The van der Waals surface area contributed by atoms with Gasteiger partial charge < -0.3 is 14.4 Å². The number of likely N-dealkylation sites (tertiary alicyclic amines) is 1. The Kier molecular flexibility index (Phi) is 5.38. The molecule has 3 aliphatic rings. The Hall–Kier alpha value is -2.53. The molecule has 2 aromatic rings. The van der Waals surface area contributed by atoms with Gasteiger partial charge in [-0.3, -0.25) is 9.69 Å². The first-order valence-electron chi connectivity index (χ1n) is 11.2. The minimum atomic E-state index is 0.125. The summed E-state index contributed by atoms with van der Waals surface area (Å²) >= 11 is 0. The molecule has 5 heteroatoms. The number of aryl methyl sites for hydroxylation is 1. The number of likely N-dealkylation sites (N-methyl/N-ethyl adjacent to an activating group) is 1. The number of hydrogen-bond donors (Lipinski definition) is 0. The van der Waals surface area contributed by atoms with Crippen LogP contribution in [0.3, 0.4) is 0 Å². The van der Waals surface area contributed by atoms with Crippen molar-refractivity contribution in [2.24, 2.45) is 0 Å². The average molecular weight is 407 g/mol. The highest BCUT2D eigenvalue weighted by Gasteiger charge is 2.33. The minimum absolute atomic E-state index is 0.125. The summed E-state index contributed by atoms with van der Waals surface area (Å²) in [5.74, 6) is 1.82. The van der Waals surface area contributed by atoms with Crippen LogP contribution in [-0.4, -0.2) is 49.1 Å². The van der Waals surface area contributed by atoms with Gasteiger partial charge >= 0.3 is 0 Å². The van der Waals surface area contributed by atoms with Gasteiger partial charge in [0.15, 0.2) is 11.5 Å². The van der Waals surface area contributed by atoms with Gasteiger partial charge in [0.1, 0.15) is 13.2 Å². The molecule has 1 saturated heterocycles. The molecule has 0 aromatic heterocycles. The van der Waals surface area contributed by atoms with Crippen molar-refractivity contribution in [2.75, 3.05) is 33.4 Å². The van der Waals surface area contributed by atoms with E-state index in [4.69, 9.17) is 9.47 Å². The molecule has 5 nitrogen and oxygen atoms in total. The topological polar surface area (TPSA) is 42.0 Å². The number of fused-ring (bicyclic) bond motifs is 2. The molecule has 0 bridgehead atoms. The maximum absolute atomic E-state index is 13.3. The van der Waals surface area contributed by atoms with Crippen LogP contribution in [0.1, 0.15) is 54.5 Å². The molecule has 0 N–H and O–H groups in total. The van der Waals surface area contributed by atoms with Crippen molar-refractivity contribution >= 4 is 5.91 Å². The summed E-state index contributed by atoms with van der Waals surface area (Å²) in [4.78, 5) is 17.6. The third-order valence-electron chi connectivity index (χ3n) is 6.78. The smallest absolute Gasteiger partial charge is 0.237 e. The van der Waals surface area contributed by atoms with E-state index in [-0.39, 0.29) is 11.9 Å². The fraction of sp³-hybridized carbons (Fsp3) is 0.480. The lowest BCUT2D eigenvalue weighted by atomic mass is 9.87. The van der Waals surface area contributed by atoms with Crippen molar-refractivity contribution in [1.29, 1.82) is 0 Å². The molecule has 2 atom stereocenters. The van der Waals surface area contributed by atoms with Crippen molar-refractivity contribution < 1.29 is 14.3 Å². The third kappa shape index (κ3) is 3.67. The van der Waals surface area contributed by atoms with Gasteiger partial charge in [-0.05, 0) is 68.0 Å². The standard InChI is InChI=1S/C25H30N2O3/c1-26(22-9-4-7-18-6-2-3-8-20(18)22)17-25(28)27-13-5-10-21(27)19-11-12-23-24(16-19)30-15-14-29-23/h2-3,6,8,11-12,16,21-22H,4-5,7,9-10,13-15,17H2,1H3/t21-,22-/m1/s1. The molecule has 2 aliphatic heterocycles. The quantitative estimate of drug-likeness (QED) is 0.766. The van der Waals surface area contributed by atoms with Gasteiger partial charge in [0.05, 0.1) is 12.6 Å². The third-order valence-corrected chi connectivity index (χ3v) is 6.78. The van der Waals surface area contributed by atoms with E-state index in [0.717, 1.165) is 49.3 Å². The first-order valence-corrected chi connectivity index (χ1v) is 11.2. The summed E-state index contributed by atoms with van der Waals surface area (Å²) in [6, 6.07) is 15.3. The van der Waals surface area contributed by atoms with Crippen molar-refractivity contribution in [3.05, 3.63) is 59.2 Å². The lowest BCUT2D eigenvalue weighted by molar-refractivity contribution is -0.133. The van der Waals surface area contributed by atoms with Crippen LogP contribution in [0.25, 0.3) is 0 Å². The summed E-state index contributed by atoms with van der Waals surface area (Å²) in [6.07, 6.45) is 5.49. The fourth-order valence-corrected chi connectivity index (χ4v) is 5.28. The Labute approximate surface area is 178 Å². The van der Waals surface area contributed by atoms with E-state index in [1.54, 1.807) is 0 Å². The predicted molar refractivity (Wildman–Crippen MR) is 116 cm³/mol. The van der Waals surface area contributed by atoms with Gasteiger partial charge in [0.25, 0.3) is 0 Å². The average Bonchev–Trinajstić information content (AvgIpc) is 3.28. The second-order valence-corrected chi connectivity index (χ2v) is 8.67. The largest absolute Gasteiger partial charge is 0.486 e. The van der Waals surface area contributed by atoms with Gasteiger partial charge in [-0.15, -0.1) is 0 Å². The molecule has 5 rings (SSSR count). The minimum Gasteiger partial charge on any atom is -0.486 e. The lowest BCUT2D eigenvalue weighted by Crippen LogP contribution is -2.40. The molecule has 30 heavy (non-hydrogen) atoms. The molecule has 2 heterocycles. The molecule has 0 saturated carbocycles. The molecule has 1 fully saturated rings. The highest BCUT2D eigenvalue weighted by Crippen LogP contribution is 2.39. The molecule has 158 valence electrons. The van der Waals surface area contributed by atoms with Gasteiger partial charge in [-0.1, -0.05) is 30.3 Å². The van der Waals surface area contributed by atoms with E-state index in [0.29, 0.717) is 25.8 Å². The molecule has 2 aromatic carbocycles. The van der Waals surface area contributed by atoms with E-state index >= 15 is 0 Å². The summed E-state index contributed by atoms with van der Waals surface area (Å²) in [7, 11) is 2.10. The second-order valence-electron chi connectivity index (χ2n) is 8.67. The zero-order valence-corrected chi connectivity index (χ0v) is 17.7. The van der Waals surface area contributed by atoms with Crippen LogP contribution in [0.5, 0.6) is 11.5 Å². The number of hydrogen-bond acceptors (Lipinski definition) is 4. The fourth-order valence-electron chi connectivity index (χ4n) is 5.28. The molecule has 1 amide bonds. The second kappa shape index (κ2) is 8.31. The Morgan fingerprint density at radius 2 is 1.90 bits per heavy atom. The summed E-state index contributed by atoms with van der Waals surface area (Å²) in [5.41, 5.74) is 3.97. The van der Waals surface area contributed by atoms with Crippen molar-refractivity contribution in [3.63, 3.8) is 0 Å². The van der Waals surface area contributed by atoms with Crippen molar-refractivity contribution in [3.8, 4) is 11.5 Å².